The van der Waals surface area contributed by atoms with Gasteiger partial charge in [-0.3, -0.25) is 23.9 Å². The highest BCUT2D eigenvalue weighted by Crippen LogP contribution is 2.58. The number of ether oxygens (including phenoxy) is 3. The number of carbonyl (C=O) groups excluding carboxylic acids is 4. The zero-order chi connectivity index (χ0) is 43.1. The molecule has 1 N–H and O–H groups in total. The van der Waals surface area contributed by atoms with Gasteiger partial charge in [0.2, 0.25) is 39.2 Å². The molecule has 324 valence electrons. The molecule has 4 aliphatic rings. The maximum absolute atomic E-state index is 15.0. The normalized spacial score (nSPS) is 29.3. The summed E-state index contributed by atoms with van der Waals surface area (Å²) in [4.78, 5) is 58.4. The molecule has 7 atom stereocenters. The number of Topliss-reactive ketones (excluding diaryl/α,β-unsaturated/α-hetero) is 1. The van der Waals surface area contributed by atoms with Gasteiger partial charge < -0.3 is 19.1 Å². The van der Waals surface area contributed by atoms with Gasteiger partial charge in [-0.15, -0.1) is 10.2 Å². The Kier molecular flexibility index (Phi) is 12.5. The molecule has 2 saturated carbocycles. The summed E-state index contributed by atoms with van der Waals surface area (Å²) in [6.45, 7) is 8.88. The smallest absolute Gasteiger partial charge is 0.427 e. The third-order valence-electron chi connectivity index (χ3n) is 12.8. The van der Waals surface area contributed by atoms with Gasteiger partial charge in [0.05, 0.1) is 52.5 Å². The molecule has 1 aromatic heterocycles. The Labute approximate surface area is 343 Å². The first-order chi connectivity index (χ1) is 27.6. The topological polar surface area (TPSA) is 171 Å². The first-order valence-corrected chi connectivity index (χ1v) is 22.0. The third-order valence-corrected chi connectivity index (χ3v) is 14.9. The van der Waals surface area contributed by atoms with Crippen molar-refractivity contribution in [1.29, 1.82) is 0 Å². The number of hydrogen-bond acceptors (Lipinski definition) is 11. The Bertz CT molecular complexity index is 2090. The van der Waals surface area contributed by atoms with Gasteiger partial charge in [-0.1, -0.05) is 44.6 Å². The lowest BCUT2D eigenvalue weighted by atomic mass is 9.79. The second-order valence-corrected chi connectivity index (χ2v) is 19.8. The van der Waals surface area contributed by atoms with Crippen LogP contribution in [0.3, 0.4) is 0 Å². The quantitative estimate of drug-likeness (QED) is 0.190. The van der Waals surface area contributed by atoms with Gasteiger partial charge in [0.25, 0.3) is 0 Å². The van der Waals surface area contributed by atoms with Crippen molar-refractivity contribution in [3.8, 4) is 11.8 Å². The number of sulfonamides is 1. The fraction of sp³-hybridized carbons (Fsp3) is 0.667. The number of rotatable bonds is 11. The first-order valence-electron chi connectivity index (χ1n) is 20.5. The van der Waals surface area contributed by atoms with E-state index in [1.54, 1.807) is 31.2 Å². The van der Waals surface area contributed by atoms with Crippen LogP contribution in [0.1, 0.15) is 106 Å². The predicted octanol–water partition coefficient (Wildman–Crippen LogP) is 6.63. The minimum Gasteiger partial charge on any atom is -0.476 e. The van der Waals surface area contributed by atoms with Crippen molar-refractivity contribution in [3.63, 3.8) is 0 Å². The second kappa shape index (κ2) is 16.6. The largest absolute Gasteiger partial charge is 0.476 e. The highest BCUT2D eigenvalue weighted by molar-refractivity contribution is 7.91. The highest BCUT2D eigenvalue weighted by atomic mass is 32.2. The minimum absolute atomic E-state index is 0.0166. The van der Waals surface area contributed by atoms with Crippen LogP contribution in [0.2, 0.25) is 0 Å². The number of amides is 2. The van der Waals surface area contributed by atoms with E-state index in [1.807, 2.05) is 32.9 Å². The van der Waals surface area contributed by atoms with Gasteiger partial charge in [-0.2, -0.15) is 13.2 Å². The maximum Gasteiger partial charge on any atom is 0.427 e. The van der Waals surface area contributed by atoms with Crippen molar-refractivity contribution in [2.24, 2.45) is 29.1 Å². The number of aromatic nitrogens is 2. The molecule has 0 unspecified atom stereocenters. The lowest BCUT2D eigenvalue weighted by molar-refractivity contribution is -0.257. The zero-order valence-electron chi connectivity index (χ0n) is 34.5. The van der Waals surface area contributed by atoms with Crippen LogP contribution in [0, 0.1) is 29.1 Å². The van der Waals surface area contributed by atoms with Crippen molar-refractivity contribution in [3.05, 3.63) is 36.4 Å². The third kappa shape index (κ3) is 9.24. The number of fused-ring (bicyclic) bond motifs is 3. The average Bonchev–Trinajstić information content (AvgIpc) is 4.04. The summed E-state index contributed by atoms with van der Waals surface area (Å²) in [6.07, 6.45) is 0.132. The van der Waals surface area contributed by atoms with Gasteiger partial charge in [0.15, 0.2) is 5.78 Å². The van der Waals surface area contributed by atoms with E-state index in [-0.39, 0.29) is 43.5 Å². The van der Waals surface area contributed by atoms with Crippen molar-refractivity contribution >= 4 is 44.4 Å². The lowest BCUT2D eigenvalue weighted by Gasteiger charge is -2.34. The molecule has 2 amide bonds. The number of ketones is 1. The zero-order valence-corrected chi connectivity index (χ0v) is 35.3. The highest BCUT2D eigenvalue weighted by Gasteiger charge is 2.63. The molecule has 6 rings (SSSR count). The number of nitrogens with one attached hydrogen (secondary N) is 1. The second-order valence-electron chi connectivity index (χ2n) is 17.6. The molecule has 0 bridgehead atoms. The standard InChI is InChI=1S/C42H55F3N4O9S/c1-7-26-19-25(3)13-9-10-14-27-22-41(27,38(53)48-59(54,55)40(6)17-18-40)23-33(50)32-20-28(57-36-30-16-12-11-15-29(30)35(46-47-36)56-8-2)24-49(32)37(52)31(26)21-34(51)58-39(4,5)42(43,44)45/h10-12,14-16,25-28,31-32H,7-9,13,17-24H2,1-6H3,(H,48,53)/b14-10-/t25-,26+,27+,28+,31-,32-,41+/m0/s1. The summed E-state index contributed by atoms with van der Waals surface area (Å²) in [5, 5.41) is 9.65. The van der Waals surface area contributed by atoms with Crippen molar-refractivity contribution in [2.45, 2.75) is 134 Å². The summed E-state index contributed by atoms with van der Waals surface area (Å²) in [5.41, 5.74) is -4.21. The molecule has 0 radical (unpaired) electrons. The Morgan fingerprint density at radius 1 is 1.03 bits per heavy atom. The van der Waals surface area contributed by atoms with Gasteiger partial charge in [-0.05, 0) is 96.1 Å². The van der Waals surface area contributed by atoms with Crippen LogP contribution in [0.4, 0.5) is 13.2 Å². The number of carbonyl (C=O) groups is 4. The van der Waals surface area contributed by atoms with Crippen molar-refractivity contribution in [1.82, 2.24) is 19.8 Å². The number of benzene rings is 1. The molecule has 3 heterocycles. The van der Waals surface area contributed by atoms with Crippen molar-refractivity contribution in [2.75, 3.05) is 13.2 Å². The van der Waals surface area contributed by atoms with Crippen molar-refractivity contribution < 1.29 is 55.0 Å². The molecular formula is C42H55F3N4O9S. The van der Waals surface area contributed by atoms with Crippen LogP contribution >= 0.6 is 0 Å². The number of hydrogen-bond donors (Lipinski definition) is 1. The Balaban J connectivity index is 1.37. The lowest BCUT2D eigenvalue weighted by Crippen LogP contribution is -2.49. The Morgan fingerprint density at radius 2 is 1.69 bits per heavy atom. The molecule has 59 heavy (non-hydrogen) atoms. The maximum atomic E-state index is 15.0. The number of allylic oxidation sites excluding steroid dienone is 2. The van der Waals surface area contributed by atoms with E-state index in [0.717, 1.165) is 13.8 Å². The van der Waals surface area contributed by atoms with Gasteiger partial charge in [0, 0.05) is 12.8 Å². The van der Waals surface area contributed by atoms with Crippen LogP contribution in [-0.2, 0) is 33.9 Å². The molecule has 2 aromatic rings. The first kappa shape index (κ1) is 44.3. The monoisotopic (exact) mass is 848 g/mol. The number of esters is 1. The van der Waals surface area contributed by atoms with E-state index in [2.05, 4.69) is 14.9 Å². The summed E-state index contributed by atoms with van der Waals surface area (Å²) in [6, 6.07) is 5.95. The average molecular weight is 849 g/mol. The van der Waals surface area contributed by atoms with E-state index >= 15 is 0 Å². The molecule has 2 aliphatic carbocycles. The summed E-state index contributed by atoms with van der Waals surface area (Å²) in [7, 11) is -4.04. The van der Waals surface area contributed by atoms with E-state index in [4.69, 9.17) is 14.2 Å². The molecule has 1 saturated heterocycles. The fourth-order valence-electron chi connectivity index (χ4n) is 8.45. The predicted molar refractivity (Wildman–Crippen MR) is 210 cm³/mol. The van der Waals surface area contributed by atoms with Gasteiger partial charge in [-0.25, -0.2) is 8.42 Å². The van der Waals surface area contributed by atoms with Crippen LogP contribution in [0.15, 0.2) is 36.4 Å². The SMILES string of the molecule is CCOc1nnc(O[C@@H]2C[C@H]3C(=O)C[C@]4(C(=O)NS(=O)(=O)C5(C)CC5)C[C@H]4/C=C\CC[C@H](C)C[C@@H](CC)[C@H](CC(=O)OC(C)(C)C(F)(F)F)C(=O)N3C2)c2ccccc12. The number of halogens is 3. The molecule has 13 nitrogen and oxygen atoms in total. The molecule has 0 spiro atoms. The van der Waals surface area contributed by atoms with E-state index in [9.17, 15) is 40.8 Å². The molecule has 1 aromatic carbocycles. The number of alkyl halides is 3. The van der Waals surface area contributed by atoms with Gasteiger partial charge >= 0.3 is 12.1 Å². The Morgan fingerprint density at radius 3 is 2.32 bits per heavy atom. The van der Waals surface area contributed by atoms with Crippen LogP contribution in [-0.4, -0.2) is 88.9 Å². The fourth-order valence-corrected chi connectivity index (χ4v) is 9.78. The van der Waals surface area contributed by atoms with E-state index < -0.39 is 91.8 Å². The van der Waals surface area contributed by atoms with E-state index in [1.165, 1.54) is 4.90 Å². The summed E-state index contributed by atoms with van der Waals surface area (Å²) >= 11 is 0. The van der Waals surface area contributed by atoms with Crippen LogP contribution in [0.25, 0.3) is 10.8 Å². The summed E-state index contributed by atoms with van der Waals surface area (Å²) < 4.78 is 86.2. The van der Waals surface area contributed by atoms with Gasteiger partial charge in [0.1, 0.15) is 6.10 Å². The number of nitrogens with zero attached hydrogens (tertiary/aromatic N) is 3. The minimum atomic E-state index is -4.87. The Hall–Kier alpha value is -4.28. The summed E-state index contributed by atoms with van der Waals surface area (Å²) in [5.74, 6) is -4.74. The van der Waals surface area contributed by atoms with Crippen LogP contribution < -0.4 is 14.2 Å². The van der Waals surface area contributed by atoms with Crippen LogP contribution in [0.5, 0.6) is 11.8 Å². The molecule has 3 fully saturated rings. The molecular weight excluding hydrogens is 794 g/mol. The molecule has 17 heteroatoms. The molecule has 2 aliphatic heterocycles. The van der Waals surface area contributed by atoms with E-state index in [0.29, 0.717) is 55.9 Å².